The van der Waals surface area contributed by atoms with E-state index in [2.05, 4.69) is 4.74 Å². The Labute approximate surface area is 101 Å². The molecule has 0 saturated carbocycles. The average molecular weight is 265 g/mol. The highest BCUT2D eigenvalue weighted by Gasteiger charge is 2.35. The fraction of sp³-hybridized carbons (Fsp3) is 0.364. The summed E-state index contributed by atoms with van der Waals surface area (Å²) in [6.45, 7) is 0. The van der Waals surface area contributed by atoms with Crippen LogP contribution in [-0.4, -0.2) is 13.1 Å². The van der Waals surface area contributed by atoms with Crippen LogP contribution in [0.2, 0.25) is 0 Å². The Morgan fingerprint density at radius 2 is 2.06 bits per heavy atom. The molecule has 2 N–H and O–H groups in total. The van der Waals surface area contributed by atoms with Crippen LogP contribution < -0.4 is 5.73 Å². The van der Waals surface area contributed by atoms with Gasteiger partial charge in [-0.2, -0.15) is 13.2 Å². The molecule has 7 heteroatoms. The number of carbonyl (C=O) groups excluding carboxylic acids is 1. The maximum atomic E-state index is 12.8. The molecule has 0 bridgehead atoms. The second kappa shape index (κ2) is 5.34. The zero-order valence-electron chi connectivity index (χ0n) is 9.42. The van der Waals surface area contributed by atoms with E-state index >= 15 is 0 Å². The zero-order chi connectivity index (χ0) is 13.9. The number of halogens is 4. The predicted octanol–water partition coefficient (Wildman–Crippen LogP) is 2.41. The molecule has 1 aromatic rings. The molecule has 1 rings (SSSR count). The van der Waals surface area contributed by atoms with Crippen LogP contribution in [0.15, 0.2) is 18.2 Å². The smallest absolute Gasteiger partial charge is 0.416 e. The molecule has 100 valence electrons. The van der Waals surface area contributed by atoms with Gasteiger partial charge < -0.3 is 10.5 Å². The summed E-state index contributed by atoms with van der Waals surface area (Å²) in [5.74, 6) is -1.75. The van der Waals surface area contributed by atoms with Gasteiger partial charge in [-0.1, -0.05) is 6.07 Å². The van der Waals surface area contributed by atoms with Crippen LogP contribution in [0.1, 0.15) is 23.6 Å². The first-order valence-corrected chi connectivity index (χ1v) is 4.94. The van der Waals surface area contributed by atoms with E-state index in [-0.39, 0.29) is 5.56 Å². The van der Waals surface area contributed by atoms with E-state index in [0.29, 0.717) is 6.07 Å². The number of hydrogen-bond acceptors (Lipinski definition) is 3. The van der Waals surface area contributed by atoms with Crippen LogP contribution in [0, 0.1) is 5.82 Å². The number of nitrogens with two attached hydrogens (primary N) is 1. The molecule has 0 fully saturated rings. The number of carbonyl (C=O) groups is 1. The fourth-order valence-electron chi connectivity index (χ4n) is 1.47. The molecule has 1 atom stereocenters. The molecule has 0 saturated heterocycles. The highest BCUT2D eigenvalue weighted by Crippen LogP contribution is 2.35. The van der Waals surface area contributed by atoms with Crippen molar-refractivity contribution < 1.29 is 27.1 Å². The Bertz CT molecular complexity index is 445. The van der Waals surface area contributed by atoms with Gasteiger partial charge in [-0.3, -0.25) is 4.79 Å². The second-order valence-electron chi connectivity index (χ2n) is 3.62. The summed E-state index contributed by atoms with van der Waals surface area (Å²) >= 11 is 0. The summed E-state index contributed by atoms with van der Waals surface area (Å²) in [5.41, 5.74) is 3.98. The number of ether oxygens (including phenoxy) is 1. The minimum Gasteiger partial charge on any atom is -0.469 e. The molecular formula is C11H11F4NO2. The van der Waals surface area contributed by atoms with Gasteiger partial charge in [-0.25, -0.2) is 4.39 Å². The molecule has 0 radical (unpaired) electrons. The van der Waals surface area contributed by atoms with E-state index in [1.807, 2.05) is 0 Å². The molecule has 0 aliphatic carbocycles. The van der Waals surface area contributed by atoms with E-state index in [1.54, 1.807) is 0 Å². The standard InChI is InChI=1S/C11H11F4NO2/c1-18-10(17)5-9(16)7-3-2-6(12)4-8(7)11(13,14)15/h2-4,9H,5,16H2,1H3/t9-/m1/s1. The molecule has 0 unspecified atom stereocenters. The van der Waals surface area contributed by atoms with Gasteiger partial charge in [0.1, 0.15) is 5.82 Å². The van der Waals surface area contributed by atoms with Gasteiger partial charge in [0.15, 0.2) is 0 Å². The van der Waals surface area contributed by atoms with Gasteiger partial charge in [0.25, 0.3) is 0 Å². The number of benzene rings is 1. The highest BCUT2D eigenvalue weighted by molar-refractivity contribution is 5.70. The van der Waals surface area contributed by atoms with Gasteiger partial charge in [-0.15, -0.1) is 0 Å². The molecular weight excluding hydrogens is 254 g/mol. The van der Waals surface area contributed by atoms with Gasteiger partial charge in [0, 0.05) is 6.04 Å². The number of methoxy groups -OCH3 is 1. The Hall–Kier alpha value is -1.63. The minimum atomic E-state index is -4.73. The molecule has 0 aliphatic rings. The van der Waals surface area contributed by atoms with Crippen molar-refractivity contribution in [1.29, 1.82) is 0 Å². The maximum absolute atomic E-state index is 12.8. The summed E-state index contributed by atoms with van der Waals surface area (Å²) in [6.07, 6.45) is -5.14. The molecule has 3 nitrogen and oxygen atoms in total. The summed E-state index contributed by atoms with van der Waals surface area (Å²) in [4.78, 5) is 11.0. The fourth-order valence-corrected chi connectivity index (χ4v) is 1.47. The predicted molar refractivity (Wildman–Crippen MR) is 55.0 cm³/mol. The number of hydrogen-bond donors (Lipinski definition) is 1. The third kappa shape index (κ3) is 3.43. The van der Waals surface area contributed by atoms with Crippen molar-refractivity contribution in [3.05, 3.63) is 35.1 Å². The Balaban J connectivity index is 3.12. The summed E-state index contributed by atoms with van der Waals surface area (Å²) in [5, 5.41) is 0. The third-order valence-electron chi connectivity index (χ3n) is 2.33. The van der Waals surface area contributed by atoms with Crippen LogP contribution in [0.5, 0.6) is 0 Å². The summed E-state index contributed by atoms with van der Waals surface area (Å²) < 4.78 is 55.2. The molecule has 18 heavy (non-hydrogen) atoms. The average Bonchev–Trinajstić information content (AvgIpc) is 2.27. The number of rotatable bonds is 3. The van der Waals surface area contributed by atoms with Crippen molar-refractivity contribution >= 4 is 5.97 Å². The topological polar surface area (TPSA) is 52.3 Å². The number of esters is 1. The lowest BCUT2D eigenvalue weighted by Gasteiger charge is -2.17. The van der Waals surface area contributed by atoms with Crippen molar-refractivity contribution in [2.24, 2.45) is 5.73 Å². The first-order valence-electron chi connectivity index (χ1n) is 4.94. The van der Waals surface area contributed by atoms with Gasteiger partial charge in [-0.05, 0) is 17.7 Å². The highest BCUT2D eigenvalue weighted by atomic mass is 19.4. The van der Waals surface area contributed by atoms with Crippen LogP contribution in [0.4, 0.5) is 17.6 Å². The number of alkyl halides is 3. The van der Waals surface area contributed by atoms with Crippen molar-refractivity contribution in [3.8, 4) is 0 Å². The lowest BCUT2D eigenvalue weighted by atomic mass is 9.98. The molecule has 0 aliphatic heterocycles. The van der Waals surface area contributed by atoms with Crippen molar-refractivity contribution in [2.75, 3.05) is 7.11 Å². The molecule has 0 aromatic heterocycles. The molecule has 0 amide bonds. The second-order valence-corrected chi connectivity index (χ2v) is 3.62. The normalized spacial score (nSPS) is 13.2. The van der Waals surface area contributed by atoms with E-state index in [0.717, 1.165) is 19.2 Å². The van der Waals surface area contributed by atoms with Gasteiger partial charge in [0.2, 0.25) is 0 Å². The quantitative estimate of drug-likeness (QED) is 0.674. The van der Waals surface area contributed by atoms with Crippen LogP contribution >= 0.6 is 0 Å². The summed E-state index contributed by atoms with van der Waals surface area (Å²) in [6, 6.07) is 0.939. The van der Waals surface area contributed by atoms with E-state index in [4.69, 9.17) is 5.73 Å². The third-order valence-corrected chi connectivity index (χ3v) is 2.33. The van der Waals surface area contributed by atoms with E-state index < -0.39 is 36.0 Å². The van der Waals surface area contributed by atoms with Crippen LogP contribution in [-0.2, 0) is 15.7 Å². The van der Waals surface area contributed by atoms with Crippen molar-refractivity contribution in [1.82, 2.24) is 0 Å². The Kier molecular flexibility index (Phi) is 4.28. The molecule has 0 heterocycles. The van der Waals surface area contributed by atoms with Gasteiger partial charge in [0.05, 0.1) is 19.1 Å². The van der Waals surface area contributed by atoms with Crippen LogP contribution in [0.25, 0.3) is 0 Å². The van der Waals surface area contributed by atoms with E-state index in [1.165, 1.54) is 0 Å². The Morgan fingerprint density at radius 3 is 2.56 bits per heavy atom. The maximum Gasteiger partial charge on any atom is 0.416 e. The zero-order valence-corrected chi connectivity index (χ0v) is 9.42. The lowest BCUT2D eigenvalue weighted by molar-refractivity contribution is -0.142. The van der Waals surface area contributed by atoms with Gasteiger partial charge >= 0.3 is 12.1 Å². The largest absolute Gasteiger partial charge is 0.469 e. The van der Waals surface area contributed by atoms with Crippen molar-refractivity contribution in [2.45, 2.75) is 18.6 Å². The molecule has 1 aromatic carbocycles. The van der Waals surface area contributed by atoms with E-state index in [9.17, 15) is 22.4 Å². The first-order chi connectivity index (χ1) is 8.25. The monoisotopic (exact) mass is 265 g/mol. The van der Waals surface area contributed by atoms with Crippen LogP contribution in [0.3, 0.4) is 0 Å². The summed E-state index contributed by atoms with van der Waals surface area (Å²) in [7, 11) is 1.10. The lowest BCUT2D eigenvalue weighted by Crippen LogP contribution is -2.21. The van der Waals surface area contributed by atoms with Crippen molar-refractivity contribution in [3.63, 3.8) is 0 Å². The molecule has 0 spiro atoms. The SMILES string of the molecule is COC(=O)C[C@@H](N)c1ccc(F)cc1C(F)(F)F. The first kappa shape index (κ1) is 14.4. The Morgan fingerprint density at radius 1 is 1.44 bits per heavy atom. The minimum absolute atomic E-state index is 0.339.